The minimum absolute atomic E-state index is 0.00220. The third-order valence-corrected chi connectivity index (χ3v) is 11.3. The lowest BCUT2D eigenvalue weighted by molar-refractivity contribution is -0.140. The zero-order chi connectivity index (χ0) is 33.6. The summed E-state index contributed by atoms with van der Waals surface area (Å²) in [6, 6.07) is 26.9. The topological polar surface area (TPSA) is 86.8 Å². The number of aryl methyl sites for hydroxylation is 1. The second-order valence-electron chi connectivity index (χ2n) is 11.8. The molecule has 0 heterocycles. The number of carbonyl (C=O) groups excluding carboxylic acids is 2. The van der Waals surface area contributed by atoms with Crippen LogP contribution in [0.15, 0.2) is 106 Å². The Kier molecular flexibility index (Phi) is 11.7. The molecule has 0 spiro atoms. The van der Waals surface area contributed by atoms with Gasteiger partial charge in [0.05, 0.1) is 20.6 Å². The van der Waals surface area contributed by atoms with Crippen molar-refractivity contribution in [2.75, 3.05) is 10.8 Å². The lowest BCUT2D eigenvalue weighted by Crippen LogP contribution is -2.54. The van der Waals surface area contributed by atoms with E-state index in [2.05, 4.69) is 21.2 Å². The van der Waals surface area contributed by atoms with Crippen LogP contribution in [0.4, 0.5) is 5.69 Å². The van der Waals surface area contributed by atoms with Crippen LogP contribution in [0.5, 0.6) is 0 Å². The van der Waals surface area contributed by atoms with Gasteiger partial charge in [0.15, 0.2) is 0 Å². The lowest BCUT2D eigenvalue weighted by Gasteiger charge is -2.34. The summed E-state index contributed by atoms with van der Waals surface area (Å²) in [6.45, 7) is 1.33. The zero-order valence-electron chi connectivity index (χ0n) is 25.9. The van der Waals surface area contributed by atoms with E-state index in [1.807, 2.05) is 37.3 Å². The van der Waals surface area contributed by atoms with E-state index in [1.54, 1.807) is 54.6 Å². The molecule has 1 aliphatic rings. The van der Waals surface area contributed by atoms with Crippen molar-refractivity contribution in [3.63, 3.8) is 0 Å². The van der Waals surface area contributed by atoms with Crippen LogP contribution in [-0.4, -0.2) is 43.8 Å². The third-order valence-electron chi connectivity index (χ3n) is 8.29. The number of hydrogen-bond donors (Lipinski definition) is 1. The molecule has 1 fully saturated rings. The Hall–Kier alpha value is -3.37. The molecule has 4 aromatic rings. The molecule has 47 heavy (non-hydrogen) atoms. The number of rotatable bonds is 12. The highest BCUT2D eigenvalue weighted by Gasteiger charge is 2.35. The molecule has 0 aliphatic heterocycles. The molecule has 0 bridgehead atoms. The van der Waals surface area contributed by atoms with Gasteiger partial charge in [-0.05, 0) is 73.4 Å². The van der Waals surface area contributed by atoms with Crippen LogP contribution in [-0.2, 0) is 32.6 Å². The number of amides is 2. The molecule has 1 saturated carbocycles. The van der Waals surface area contributed by atoms with Gasteiger partial charge in [0, 0.05) is 23.5 Å². The highest BCUT2D eigenvalue weighted by atomic mass is 79.9. The molecule has 2 amide bonds. The van der Waals surface area contributed by atoms with Gasteiger partial charge in [-0.15, -0.1) is 0 Å². The summed E-state index contributed by atoms with van der Waals surface area (Å²) < 4.78 is 30.2. The molecule has 0 saturated heterocycles. The molecule has 246 valence electrons. The van der Waals surface area contributed by atoms with Crippen molar-refractivity contribution in [3.05, 3.63) is 128 Å². The second-order valence-corrected chi connectivity index (χ2v) is 15.4. The zero-order valence-corrected chi connectivity index (χ0v) is 29.8. The first kappa shape index (κ1) is 35.0. The predicted octanol–water partition coefficient (Wildman–Crippen LogP) is 7.96. The van der Waals surface area contributed by atoms with E-state index in [1.165, 1.54) is 17.0 Å². The fourth-order valence-electron chi connectivity index (χ4n) is 5.75. The number of hydrogen-bond acceptors (Lipinski definition) is 4. The average Bonchev–Trinajstić information content (AvgIpc) is 3.56. The first-order valence-electron chi connectivity index (χ1n) is 15.4. The third kappa shape index (κ3) is 8.96. The monoisotopic (exact) mass is 755 g/mol. The van der Waals surface area contributed by atoms with Gasteiger partial charge in [-0.1, -0.05) is 112 Å². The molecule has 1 unspecified atom stereocenters. The summed E-state index contributed by atoms with van der Waals surface area (Å²) >= 11 is 16.0. The molecule has 5 rings (SSSR count). The fourth-order valence-corrected chi connectivity index (χ4v) is 7.87. The smallest absolute Gasteiger partial charge is 0.264 e. The van der Waals surface area contributed by atoms with E-state index in [9.17, 15) is 18.0 Å². The Bertz CT molecular complexity index is 1820. The maximum Gasteiger partial charge on any atom is 0.264 e. The summed E-state index contributed by atoms with van der Waals surface area (Å²) in [5.74, 6) is -0.834. The number of halogens is 3. The Morgan fingerprint density at radius 2 is 1.57 bits per heavy atom. The normalized spacial score (nSPS) is 14.0. The van der Waals surface area contributed by atoms with Crippen LogP contribution in [0.2, 0.25) is 10.0 Å². The van der Waals surface area contributed by atoms with Gasteiger partial charge in [-0.25, -0.2) is 8.42 Å². The number of sulfonamides is 1. The van der Waals surface area contributed by atoms with Crippen LogP contribution < -0.4 is 9.62 Å². The fraction of sp³-hybridized carbons (Fsp3) is 0.278. The SMILES string of the molecule is Cc1ccc(S(=O)(=O)N(CC(=O)N(Cc2ccc(Cl)c(Cl)c2)C(Cc2ccccc2)C(=O)NC2CCCC2)c2cccc(Br)c2)cc1. The van der Waals surface area contributed by atoms with Gasteiger partial charge in [0.25, 0.3) is 10.0 Å². The molecule has 1 aliphatic carbocycles. The van der Waals surface area contributed by atoms with Crippen molar-refractivity contribution in [2.24, 2.45) is 0 Å². The highest BCUT2D eigenvalue weighted by Crippen LogP contribution is 2.29. The second kappa shape index (κ2) is 15.7. The number of nitrogens with zero attached hydrogens (tertiary/aromatic N) is 2. The van der Waals surface area contributed by atoms with Crippen LogP contribution in [0, 0.1) is 6.92 Å². The van der Waals surface area contributed by atoms with Gasteiger partial charge < -0.3 is 10.2 Å². The van der Waals surface area contributed by atoms with E-state index in [0.717, 1.165) is 41.1 Å². The molecular weight excluding hydrogens is 721 g/mol. The van der Waals surface area contributed by atoms with E-state index < -0.39 is 28.5 Å². The number of benzene rings is 4. The van der Waals surface area contributed by atoms with E-state index in [0.29, 0.717) is 25.8 Å². The van der Waals surface area contributed by atoms with Crippen molar-refractivity contribution in [3.8, 4) is 0 Å². The van der Waals surface area contributed by atoms with Crippen LogP contribution in [0.3, 0.4) is 0 Å². The maximum atomic E-state index is 14.6. The van der Waals surface area contributed by atoms with Crippen molar-refractivity contribution < 1.29 is 18.0 Å². The summed E-state index contributed by atoms with van der Waals surface area (Å²) in [5, 5.41) is 3.85. The molecule has 4 aromatic carbocycles. The van der Waals surface area contributed by atoms with Crippen LogP contribution in [0.1, 0.15) is 42.4 Å². The standard InChI is InChI=1S/C36H36BrCl2N3O4S/c1-25-14-17-31(18-15-25)47(45,46)42(30-13-7-10-28(37)22-30)24-35(43)41(23-27-16-19-32(38)33(39)20-27)34(21-26-8-3-2-4-9-26)36(44)40-29-11-5-6-12-29/h2-4,7-10,13-20,22,29,34H,5-6,11-12,21,23-24H2,1H3,(H,40,44). The Morgan fingerprint density at radius 3 is 2.23 bits per heavy atom. The molecule has 0 aromatic heterocycles. The largest absolute Gasteiger partial charge is 0.352 e. The molecular formula is C36H36BrCl2N3O4S. The molecule has 7 nitrogen and oxygen atoms in total. The Labute approximate surface area is 295 Å². The number of anilines is 1. The van der Waals surface area contributed by atoms with Gasteiger partial charge in [-0.2, -0.15) is 0 Å². The van der Waals surface area contributed by atoms with Crippen molar-refractivity contribution in [2.45, 2.75) is 62.6 Å². The van der Waals surface area contributed by atoms with E-state index in [4.69, 9.17) is 23.2 Å². The minimum atomic E-state index is -4.20. The summed E-state index contributed by atoms with van der Waals surface area (Å²) in [6.07, 6.45) is 4.03. The van der Waals surface area contributed by atoms with E-state index >= 15 is 0 Å². The first-order valence-corrected chi connectivity index (χ1v) is 18.4. The van der Waals surface area contributed by atoms with Crippen LogP contribution in [0.25, 0.3) is 0 Å². The van der Waals surface area contributed by atoms with Gasteiger partial charge in [0.2, 0.25) is 11.8 Å². The Morgan fingerprint density at radius 1 is 0.872 bits per heavy atom. The van der Waals surface area contributed by atoms with Crippen molar-refractivity contribution in [1.29, 1.82) is 0 Å². The lowest BCUT2D eigenvalue weighted by atomic mass is 10.0. The molecule has 11 heteroatoms. The number of nitrogens with one attached hydrogen (secondary N) is 1. The molecule has 1 N–H and O–H groups in total. The number of carbonyl (C=O) groups is 2. The summed E-state index contributed by atoms with van der Waals surface area (Å²) in [5.41, 5.74) is 2.72. The van der Waals surface area contributed by atoms with Crippen molar-refractivity contribution >= 4 is 66.7 Å². The highest BCUT2D eigenvalue weighted by molar-refractivity contribution is 9.10. The average molecular weight is 758 g/mol. The Balaban J connectivity index is 1.58. The van der Waals surface area contributed by atoms with Crippen molar-refractivity contribution in [1.82, 2.24) is 10.2 Å². The minimum Gasteiger partial charge on any atom is -0.352 e. The summed E-state index contributed by atoms with van der Waals surface area (Å²) in [4.78, 5) is 30.3. The van der Waals surface area contributed by atoms with Gasteiger partial charge >= 0.3 is 0 Å². The van der Waals surface area contributed by atoms with E-state index in [-0.39, 0.29) is 29.8 Å². The predicted molar refractivity (Wildman–Crippen MR) is 191 cm³/mol. The van der Waals surface area contributed by atoms with Gasteiger partial charge in [0.1, 0.15) is 12.6 Å². The maximum absolute atomic E-state index is 14.6. The van der Waals surface area contributed by atoms with Crippen LogP contribution >= 0.6 is 39.1 Å². The first-order chi connectivity index (χ1) is 22.5. The summed E-state index contributed by atoms with van der Waals surface area (Å²) in [7, 11) is -4.20. The molecule has 0 radical (unpaired) electrons. The quantitative estimate of drug-likeness (QED) is 0.159. The molecule has 1 atom stereocenters. The van der Waals surface area contributed by atoms with Gasteiger partial charge in [-0.3, -0.25) is 13.9 Å².